The molecule has 0 saturated carbocycles. The zero-order valence-electron chi connectivity index (χ0n) is 30.2. The van der Waals surface area contributed by atoms with Gasteiger partial charge < -0.3 is 30.2 Å². The number of anilines is 3. The van der Waals surface area contributed by atoms with Crippen LogP contribution in [0.15, 0.2) is 164 Å². The van der Waals surface area contributed by atoms with Crippen molar-refractivity contribution in [2.45, 2.75) is 0 Å². The van der Waals surface area contributed by atoms with Crippen molar-refractivity contribution in [3.05, 3.63) is 180 Å². The average molecular weight is 735 g/mol. The van der Waals surface area contributed by atoms with E-state index in [9.17, 15) is 14.4 Å². The molecule has 0 aliphatic heterocycles. The van der Waals surface area contributed by atoms with Gasteiger partial charge in [-0.15, -0.1) is 0 Å². The molecular formula is C45H42N4O6. The van der Waals surface area contributed by atoms with Crippen molar-refractivity contribution >= 4 is 34.8 Å². The van der Waals surface area contributed by atoms with Crippen molar-refractivity contribution in [2.75, 3.05) is 55.4 Å². The highest BCUT2D eigenvalue weighted by atomic mass is 16.5. The lowest BCUT2D eigenvalue weighted by Gasteiger charge is -2.23. The normalized spacial score (nSPS) is 10.6. The van der Waals surface area contributed by atoms with Gasteiger partial charge in [-0.1, -0.05) is 54.6 Å². The SMILES string of the molecule is O=C(Nc1ccccc1)c1ccc(OCCN(CCOc2ccc(C(=O)Nc3ccccc3)cc2)CCOc2ccc(C(=O)Nc3ccccc3)cc2)cc1. The van der Waals surface area contributed by atoms with Gasteiger partial charge in [0.1, 0.15) is 37.1 Å². The third-order valence-electron chi connectivity index (χ3n) is 8.47. The highest BCUT2D eigenvalue weighted by Crippen LogP contribution is 2.18. The fourth-order valence-electron chi connectivity index (χ4n) is 5.50. The van der Waals surface area contributed by atoms with Gasteiger partial charge in [0, 0.05) is 53.4 Å². The molecule has 0 atom stereocenters. The standard InChI is InChI=1S/C45H42N4O6/c50-43(46-37-10-4-1-5-11-37)34-16-22-40(23-17-34)53-31-28-49(29-32-54-41-24-18-35(19-25-41)44(51)47-38-12-6-2-7-13-38)30-33-55-42-26-20-36(21-27-42)45(52)48-39-14-8-3-9-15-39/h1-27H,28-33H2,(H,46,50)(H,47,51)(H,48,52). The van der Waals surface area contributed by atoms with Crippen molar-refractivity contribution in [1.82, 2.24) is 4.90 Å². The molecule has 0 aliphatic carbocycles. The van der Waals surface area contributed by atoms with Crippen LogP contribution in [0.5, 0.6) is 17.2 Å². The highest BCUT2D eigenvalue weighted by molar-refractivity contribution is 6.05. The number of ether oxygens (including phenoxy) is 3. The van der Waals surface area contributed by atoms with E-state index in [1.54, 1.807) is 72.8 Å². The molecule has 6 aromatic carbocycles. The molecule has 6 rings (SSSR count). The Kier molecular flexibility index (Phi) is 13.6. The van der Waals surface area contributed by atoms with Gasteiger partial charge >= 0.3 is 0 Å². The van der Waals surface area contributed by atoms with E-state index in [4.69, 9.17) is 14.2 Å². The maximum atomic E-state index is 12.6. The Labute approximate surface area is 320 Å². The number of benzene rings is 6. The first kappa shape index (κ1) is 37.8. The number of rotatable bonds is 18. The van der Waals surface area contributed by atoms with Gasteiger partial charge in [0.15, 0.2) is 0 Å². The minimum absolute atomic E-state index is 0.195. The third kappa shape index (κ3) is 12.1. The summed E-state index contributed by atoms with van der Waals surface area (Å²) >= 11 is 0. The van der Waals surface area contributed by atoms with Gasteiger partial charge in [-0.3, -0.25) is 19.3 Å². The average Bonchev–Trinajstić information content (AvgIpc) is 3.22. The Morgan fingerprint density at radius 1 is 0.364 bits per heavy atom. The Hall–Kier alpha value is -6.91. The summed E-state index contributed by atoms with van der Waals surface area (Å²) in [5.41, 5.74) is 3.78. The molecule has 10 heteroatoms. The zero-order chi connectivity index (χ0) is 38.1. The topological polar surface area (TPSA) is 118 Å². The van der Waals surface area contributed by atoms with Gasteiger partial charge in [0.05, 0.1) is 0 Å². The third-order valence-corrected chi connectivity index (χ3v) is 8.47. The van der Waals surface area contributed by atoms with E-state index < -0.39 is 0 Å². The van der Waals surface area contributed by atoms with Crippen LogP contribution in [0.3, 0.4) is 0 Å². The number of amides is 3. The number of nitrogens with zero attached hydrogens (tertiary/aromatic N) is 1. The molecule has 0 aromatic heterocycles. The van der Waals surface area contributed by atoms with Crippen molar-refractivity contribution in [3.8, 4) is 17.2 Å². The number of carbonyl (C=O) groups is 3. The Morgan fingerprint density at radius 2 is 0.618 bits per heavy atom. The summed E-state index contributed by atoms with van der Waals surface area (Å²) in [6, 6.07) is 49.0. The molecule has 278 valence electrons. The maximum absolute atomic E-state index is 12.6. The number of para-hydroxylation sites is 3. The van der Waals surface area contributed by atoms with Gasteiger partial charge in [-0.25, -0.2) is 0 Å². The number of carbonyl (C=O) groups excluding carboxylic acids is 3. The first-order valence-electron chi connectivity index (χ1n) is 18.0. The summed E-state index contributed by atoms with van der Waals surface area (Å²) in [5, 5.41) is 8.66. The smallest absolute Gasteiger partial charge is 0.255 e. The molecule has 0 bridgehead atoms. The van der Waals surface area contributed by atoms with Gasteiger partial charge in [-0.2, -0.15) is 0 Å². The number of nitrogens with one attached hydrogen (secondary N) is 3. The molecule has 3 N–H and O–H groups in total. The fourth-order valence-corrected chi connectivity index (χ4v) is 5.50. The molecule has 0 aliphatic rings. The van der Waals surface area contributed by atoms with Crippen LogP contribution < -0.4 is 30.2 Å². The van der Waals surface area contributed by atoms with Gasteiger partial charge in [0.2, 0.25) is 0 Å². The number of hydrogen-bond donors (Lipinski definition) is 3. The lowest BCUT2D eigenvalue weighted by atomic mass is 10.2. The molecule has 0 heterocycles. The van der Waals surface area contributed by atoms with Crippen LogP contribution in [0, 0.1) is 0 Å². The van der Waals surface area contributed by atoms with Crippen LogP contribution in [-0.4, -0.2) is 62.1 Å². The number of hydrogen-bond acceptors (Lipinski definition) is 7. The van der Waals surface area contributed by atoms with E-state index in [2.05, 4.69) is 20.9 Å². The van der Waals surface area contributed by atoms with Gasteiger partial charge in [-0.05, 0) is 109 Å². The van der Waals surface area contributed by atoms with Crippen LogP contribution in [0.4, 0.5) is 17.1 Å². The summed E-state index contributed by atoms with van der Waals surface area (Å²) < 4.78 is 18.1. The van der Waals surface area contributed by atoms with Crippen LogP contribution in [0.2, 0.25) is 0 Å². The molecule has 10 nitrogen and oxygen atoms in total. The van der Waals surface area contributed by atoms with E-state index in [-0.39, 0.29) is 17.7 Å². The summed E-state index contributed by atoms with van der Waals surface area (Å²) in [4.78, 5) is 40.1. The second-order valence-corrected chi connectivity index (χ2v) is 12.4. The molecule has 0 radical (unpaired) electrons. The Balaban J connectivity index is 0.998. The first-order valence-corrected chi connectivity index (χ1v) is 18.0. The predicted molar refractivity (Wildman–Crippen MR) is 215 cm³/mol. The summed E-state index contributed by atoms with van der Waals surface area (Å²) in [7, 11) is 0. The minimum atomic E-state index is -0.195. The maximum Gasteiger partial charge on any atom is 0.255 e. The molecule has 0 unspecified atom stereocenters. The Bertz CT molecular complexity index is 1850. The molecule has 3 amide bonds. The largest absolute Gasteiger partial charge is 0.492 e. The molecule has 0 saturated heterocycles. The molecule has 0 fully saturated rings. The van der Waals surface area contributed by atoms with Crippen molar-refractivity contribution in [3.63, 3.8) is 0 Å². The Morgan fingerprint density at radius 3 is 0.873 bits per heavy atom. The van der Waals surface area contributed by atoms with Crippen molar-refractivity contribution in [1.29, 1.82) is 0 Å². The van der Waals surface area contributed by atoms with Crippen LogP contribution in [0.25, 0.3) is 0 Å². The van der Waals surface area contributed by atoms with E-state index in [1.807, 2.05) is 91.0 Å². The van der Waals surface area contributed by atoms with E-state index in [0.29, 0.717) is 73.4 Å². The summed E-state index contributed by atoms with van der Waals surface area (Å²) in [5.74, 6) is 1.36. The van der Waals surface area contributed by atoms with E-state index in [0.717, 1.165) is 17.1 Å². The van der Waals surface area contributed by atoms with Crippen LogP contribution in [0.1, 0.15) is 31.1 Å². The van der Waals surface area contributed by atoms with Crippen molar-refractivity contribution < 1.29 is 28.6 Å². The minimum Gasteiger partial charge on any atom is -0.492 e. The van der Waals surface area contributed by atoms with E-state index in [1.165, 1.54) is 0 Å². The first-order chi connectivity index (χ1) is 27.0. The zero-order valence-corrected chi connectivity index (χ0v) is 30.2. The molecule has 0 spiro atoms. The predicted octanol–water partition coefficient (Wildman–Crippen LogP) is 8.28. The summed E-state index contributed by atoms with van der Waals surface area (Å²) in [6.45, 7) is 2.93. The van der Waals surface area contributed by atoms with Crippen LogP contribution >= 0.6 is 0 Å². The molecule has 6 aromatic rings. The quantitative estimate of drug-likeness (QED) is 0.0814. The molecular weight excluding hydrogens is 693 g/mol. The molecule has 55 heavy (non-hydrogen) atoms. The lowest BCUT2D eigenvalue weighted by Crippen LogP contribution is -2.35. The van der Waals surface area contributed by atoms with Crippen molar-refractivity contribution in [2.24, 2.45) is 0 Å². The second-order valence-electron chi connectivity index (χ2n) is 12.4. The van der Waals surface area contributed by atoms with E-state index >= 15 is 0 Å². The van der Waals surface area contributed by atoms with Gasteiger partial charge in [0.25, 0.3) is 17.7 Å². The van der Waals surface area contributed by atoms with Crippen LogP contribution in [-0.2, 0) is 0 Å². The fraction of sp³-hybridized carbons (Fsp3) is 0.133. The summed E-state index contributed by atoms with van der Waals surface area (Å²) in [6.07, 6.45) is 0. The second kappa shape index (κ2) is 19.8. The monoisotopic (exact) mass is 734 g/mol. The highest BCUT2D eigenvalue weighted by Gasteiger charge is 2.11. The lowest BCUT2D eigenvalue weighted by molar-refractivity contribution is 0.101.